The lowest BCUT2D eigenvalue weighted by atomic mass is 10.3. The van der Waals surface area contributed by atoms with E-state index in [-0.39, 0.29) is 23.2 Å². The third-order valence-corrected chi connectivity index (χ3v) is 3.59. The minimum atomic E-state index is -0.512. The molecule has 0 spiro atoms. The zero-order valence-electron chi connectivity index (χ0n) is 9.85. The third-order valence-electron chi connectivity index (χ3n) is 2.41. The van der Waals surface area contributed by atoms with Gasteiger partial charge in [0.1, 0.15) is 11.8 Å². The summed E-state index contributed by atoms with van der Waals surface area (Å²) in [7, 11) is 0. The molecule has 2 aromatic rings. The molecular weight excluding hydrogens is 371 g/mol. The van der Waals surface area contributed by atoms with Crippen LogP contribution in [0.1, 0.15) is 5.56 Å². The molecule has 0 bridgehead atoms. The number of pyridine rings is 1. The Morgan fingerprint density at radius 2 is 2.15 bits per heavy atom. The second-order valence-corrected chi connectivity index (χ2v) is 5.38. The van der Waals surface area contributed by atoms with Crippen molar-refractivity contribution in [3.63, 3.8) is 0 Å². The van der Waals surface area contributed by atoms with Crippen LogP contribution < -0.4 is 4.74 Å². The van der Waals surface area contributed by atoms with Crippen LogP contribution in [0.4, 0.5) is 5.69 Å². The van der Waals surface area contributed by atoms with Crippen molar-refractivity contribution in [3.8, 4) is 5.75 Å². The molecule has 20 heavy (non-hydrogen) atoms. The first-order chi connectivity index (χ1) is 9.49. The molecule has 0 unspecified atom stereocenters. The van der Waals surface area contributed by atoms with Crippen LogP contribution in [0, 0.1) is 10.1 Å². The number of benzene rings is 1. The monoisotopic (exact) mass is 376 g/mol. The van der Waals surface area contributed by atoms with Gasteiger partial charge in [-0.25, -0.2) is 4.98 Å². The standard InChI is InChI=1S/C12H7BrCl2N2O3/c13-8-2-1-3-10(17(18)19)12(8)20-6-7-5-16-11(15)4-9(7)14/h1-5H,6H2. The highest BCUT2D eigenvalue weighted by molar-refractivity contribution is 9.10. The van der Waals surface area contributed by atoms with Gasteiger partial charge in [-0.15, -0.1) is 0 Å². The highest BCUT2D eigenvalue weighted by Crippen LogP contribution is 2.35. The van der Waals surface area contributed by atoms with E-state index >= 15 is 0 Å². The fourth-order valence-corrected chi connectivity index (χ4v) is 2.37. The van der Waals surface area contributed by atoms with E-state index < -0.39 is 4.92 Å². The van der Waals surface area contributed by atoms with Crippen molar-refractivity contribution < 1.29 is 9.66 Å². The smallest absolute Gasteiger partial charge is 0.312 e. The highest BCUT2D eigenvalue weighted by atomic mass is 79.9. The molecule has 1 heterocycles. The Hall–Kier alpha value is -1.37. The fraction of sp³-hybridized carbons (Fsp3) is 0.0833. The molecule has 0 N–H and O–H groups in total. The first-order valence-corrected chi connectivity index (χ1v) is 6.89. The molecule has 1 aromatic heterocycles. The Balaban J connectivity index is 2.25. The summed E-state index contributed by atoms with van der Waals surface area (Å²) in [5, 5.41) is 11.6. The summed E-state index contributed by atoms with van der Waals surface area (Å²) in [6, 6.07) is 6.06. The molecule has 0 saturated heterocycles. The summed E-state index contributed by atoms with van der Waals surface area (Å²) in [4.78, 5) is 14.3. The van der Waals surface area contributed by atoms with Gasteiger partial charge in [0.15, 0.2) is 0 Å². The summed E-state index contributed by atoms with van der Waals surface area (Å²) in [6.45, 7) is 0.0481. The number of para-hydroxylation sites is 1. The number of hydrogen-bond acceptors (Lipinski definition) is 4. The van der Waals surface area contributed by atoms with Crippen molar-refractivity contribution in [2.45, 2.75) is 6.61 Å². The first-order valence-electron chi connectivity index (χ1n) is 5.34. The van der Waals surface area contributed by atoms with Crippen molar-refractivity contribution in [2.24, 2.45) is 0 Å². The zero-order valence-corrected chi connectivity index (χ0v) is 12.9. The Morgan fingerprint density at radius 3 is 2.80 bits per heavy atom. The van der Waals surface area contributed by atoms with Crippen molar-refractivity contribution >= 4 is 44.8 Å². The van der Waals surface area contributed by atoms with Crippen molar-refractivity contribution in [1.29, 1.82) is 0 Å². The summed E-state index contributed by atoms with van der Waals surface area (Å²) in [6.07, 6.45) is 1.47. The third kappa shape index (κ3) is 3.39. The zero-order chi connectivity index (χ0) is 14.7. The van der Waals surface area contributed by atoms with E-state index in [2.05, 4.69) is 20.9 Å². The minimum absolute atomic E-state index is 0.0481. The van der Waals surface area contributed by atoms with Crippen molar-refractivity contribution in [2.75, 3.05) is 0 Å². The van der Waals surface area contributed by atoms with E-state index in [0.717, 1.165) is 0 Å². The van der Waals surface area contributed by atoms with Crippen LogP contribution >= 0.6 is 39.1 Å². The number of hydrogen-bond donors (Lipinski definition) is 0. The van der Waals surface area contributed by atoms with Crippen LogP contribution in [0.2, 0.25) is 10.2 Å². The van der Waals surface area contributed by atoms with E-state index in [1.54, 1.807) is 12.1 Å². The maximum atomic E-state index is 10.9. The summed E-state index contributed by atoms with van der Waals surface area (Å²) >= 11 is 14.9. The largest absolute Gasteiger partial charge is 0.481 e. The van der Waals surface area contributed by atoms with E-state index in [9.17, 15) is 10.1 Å². The van der Waals surface area contributed by atoms with Gasteiger partial charge >= 0.3 is 5.69 Å². The van der Waals surface area contributed by atoms with E-state index in [1.165, 1.54) is 18.3 Å². The average Bonchev–Trinajstić information content (AvgIpc) is 2.38. The molecule has 1 aromatic carbocycles. The van der Waals surface area contributed by atoms with Gasteiger partial charge in [-0.1, -0.05) is 29.3 Å². The van der Waals surface area contributed by atoms with Crippen molar-refractivity contribution in [3.05, 3.63) is 60.8 Å². The Morgan fingerprint density at radius 1 is 1.40 bits per heavy atom. The molecule has 0 amide bonds. The van der Waals surface area contributed by atoms with Crippen LogP contribution in [-0.2, 0) is 6.61 Å². The molecular formula is C12H7BrCl2N2O3. The van der Waals surface area contributed by atoms with Crippen LogP contribution in [-0.4, -0.2) is 9.91 Å². The first kappa shape index (κ1) is 15.0. The van der Waals surface area contributed by atoms with E-state index in [4.69, 9.17) is 27.9 Å². The highest BCUT2D eigenvalue weighted by Gasteiger charge is 2.18. The second-order valence-electron chi connectivity index (χ2n) is 3.73. The van der Waals surface area contributed by atoms with Gasteiger partial charge in [0.2, 0.25) is 5.75 Å². The lowest BCUT2D eigenvalue weighted by molar-refractivity contribution is -0.386. The predicted octanol–water partition coefficient (Wildman–Crippen LogP) is 4.64. The number of halogens is 3. The number of nitrogens with zero attached hydrogens (tertiary/aromatic N) is 2. The molecule has 0 aliphatic rings. The SMILES string of the molecule is O=[N+]([O-])c1cccc(Br)c1OCc1cnc(Cl)cc1Cl. The number of rotatable bonds is 4. The fourth-order valence-electron chi connectivity index (χ4n) is 1.48. The summed E-state index contributed by atoms with van der Waals surface area (Å²) < 4.78 is 5.97. The predicted molar refractivity (Wildman–Crippen MR) is 79.4 cm³/mol. The quantitative estimate of drug-likeness (QED) is 0.442. The summed E-state index contributed by atoms with van der Waals surface area (Å²) in [5.74, 6) is 0.142. The van der Waals surface area contributed by atoms with Crippen molar-refractivity contribution in [1.82, 2.24) is 4.98 Å². The Labute approximate surface area is 132 Å². The minimum Gasteiger partial charge on any atom is -0.481 e. The molecule has 2 rings (SSSR count). The van der Waals surface area contributed by atoms with Gasteiger partial charge in [0.25, 0.3) is 0 Å². The second kappa shape index (κ2) is 6.39. The number of nitro benzene ring substituents is 1. The molecule has 0 saturated carbocycles. The Bertz CT molecular complexity index is 667. The normalized spacial score (nSPS) is 10.3. The lowest BCUT2D eigenvalue weighted by Gasteiger charge is -2.09. The summed E-state index contributed by atoms with van der Waals surface area (Å²) in [5.41, 5.74) is 0.457. The number of aromatic nitrogens is 1. The van der Waals surface area contributed by atoms with Gasteiger partial charge < -0.3 is 4.74 Å². The van der Waals surface area contributed by atoms with E-state index in [0.29, 0.717) is 15.1 Å². The number of nitro groups is 1. The molecule has 0 aliphatic carbocycles. The molecule has 8 heteroatoms. The van der Waals surface area contributed by atoms with Crippen LogP contribution in [0.3, 0.4) is 0 Å². The van der Waals surface area contributed by atoms with E-state index in [1.807, 2.05) is 0 Å². The topological polar surface area (TPSA) is 65.3 Å². The van der Waals surface area contributed by atoms with Crippen LogP contribution in [0.5, 0.6) is 5.75 Å². The maximum absolute atomic E-state index is 10.9. The van der Waals surface area contributed by atoms with Gasteiger partial charge in [-0.3, -0.25) is 10.1 Å². The Kier molecular flexibility index (Phi) is 4.80. The van der Waals surface area contributed by atoms with Crippen LogP contribution in [0.15, 0.2) is 34.9 Å². The van der Waals surface area contributed by atoms with Gasteiger partial charge in [-0.2, -0.15) is 0 Å². The molecule has 0 fully saturated rings. The molecule has 0 radical (unpaired) electrons. The lowest BCUT2D eigenvalue weighted by Crippen LogP contribution is -2.01. The maximum Gasteiger partial charge on any atom is 0.312 e. The average molecular weight is 378 g/mol. The molecule has 5 nitrogen and oxygen atoms in total. The molecule has 0 aliphatic heterocycles. The van der Waals surface area contributed by atoms with Crippen LogP contribution in [0.25, 0.3) is 0 Å². The molecule has 0 atom stereocenters. The van der Waals surface area contributed by atoms with Gasteiger partial charge in [0, 0.05) is 17.8 Å². The van der Waals surface area contributed by atoms with Gasteiger partial charge in [-0.05, 0) is 28.1 Å². The number of ether oxygens (including phenoxy) is 1. The molecule has 104 valence electrons. The van der Waals surface area contributed by atoms with Gasteiger partial charge in [0.05, 0.1) is 14.4 Å².